The Morgan fingerprint density at radius 1 is 1.00 bits per heavy atom. The number of carbonyl (C=O) groups is 2. The van der Waals surface area contributed by atoms with Crippen LogP contribution in [0.1, 0.15) is 44.9 Å². The van der Waals surface area contributed by atoms with Gasteiger partial charge in [-0.25, -0.2) is 0 Å². The molecule has 5 nitrogen and oxygen atoms in total. The van der Waals surface area contributed by atoms with Gasteiger partial charge in [0.15, 0.2) is 0 Å². The van der Waals surface area contributed by atoms with Crippen molar-refractivity contribution in [1.29, 1.82) is 0 Å². The first-order valence-corrected chi connectivity index (χ1v) is 7.72. The van der Waals surface area contributed by atoms with Gasteiger partial charge in [-0.1, -0.05) is 0 Å². The third-order valence-corrected chi connectivity index (χ3v) is 4.47. The molecule has 0 aromatic rings. The molecule has 0 aromatic carbocycles. The average molecular weight is 283 g/mol. The van der Waals surface area contributed by atoms with E-state index >= 15 is 0 Å². The van der Waals surface area contributed by atoms with Crippen molar-refractivity contribution < 1.29 is 19.4 Å². The Bertz CT molecular complexity index is 339. The van der Waals surface area contributed by atoms with Gasteiger partial charge in [0.1, 0.15) is 0 Å². The maximum atomic E-state index is 12.3. The highest BCUT2D eigenvalue weighted by molar-refractivity contribution is 5.76. The highest BCUT2D eigenvalue weighted by atomic mass is 16.5. The largest absolute Gasteiger partial charge is 0.481 e. The molecule has 2 fully saturated rings. The van der Waals surface area contributed by atoms with Crippen LogP contribution in [0, 0.1) is 11.8 Å². The van der Waals surface area contributed by atoms with Crippen LogP contribution in [0.15, 0.2) is 0 Å². The summed E-state index contributed by atoms with van der Waals surface area (Å²) in [7, 11) is 0. The monoisotopic (exact) mass is 283 g/mol. The van der Waals surface area contributed by atoms with Gasteiger partial charge in [0, 0.05) is 39.1 Å². The zero-order valence-corrected chi connectivity index (χ0v) is 12.1. The average Bonchev–Trinajstić information content (AvgIpc) is 2.65. The normalized spacial score (nSPS) is 25.2. The molecule has 2 rings (SSSR count). The van der Waals surface area contributed by atoms with Gasteiger partial charge >= 0.3 is 5.97 Å². The SMILES string of the molecule is O=C(O)C[C@@H]1CCCN(C(=O)CC2CCOCC2)CC1. The molecule has 5 heteroatoms. The van der Waals surface area contributed by atoms with Gasteiger partial charge in [0.2, 0.25) is 5.91 Å². The summed E-state index contributed by atoms with van der Waals surface area (Å²) in [4.78, 5) is 25.0. The number of amides is 1. The Hall–Kier alpha value is -1.10. The van der Waals surface area contributed by atoms with Gasteiger partial charge in [-0.05, 0) is 43.9 Å². The van der Waals surface area contributed by atoms with Crippen LogP contribution in [0.25, 0.3) is 0 Å². The zero-order valence-electron chi connectivity index (χ0n) is 12.1. The number of hydrogen-bond acceptors (Lipinski definition) is 3. The third-order valence-electron chi connectivity index (χ3n) is 4.47. The van der Waals surface area contributed by atoms with Crippen molar-refractivity contribution in [3.05, 3.63) is 0 Å². The standard InChI is InChI=1S/C15H25NO4/c17-14(10-13-4-8-20-9-5-13)16-6-1-2-12(3-7-16)11-15(18)19/h12-13H,1-11H2,(H,18,19)/t12-/m1/s1. The van der Waals surface area contributed by atoms with E-state index in [1.807, 2.05) is 4.90 Å². The van der Waals surface area contributed by atoms with Crippen LogP contribution in [0.3, 0.4) is 0 Å². The summed E-state index contributed by atoms with van der Waals surface area (Å²) >= 11 is 0. The number of likely N-dealkylation sites (tertiary alicyclic amines) is 1. The second-order valence-corrected chi connectivity index (χ2v) is 6.04. The second kappa shape index (κ2) is 7.62. The Morgan fingerprint density at radius 3 is 2.40 bits per heavy atom. The number of carbonyl (C=O) groups excluding carboxylic acids is 1. The maximum absolute atomic E-state index is 12.3. The summed E-state index contributed by atoms with van der Waals surface area (Å²) in [6, 6.07) is 0. The van der Waals surface area contributed by atoms with E-state index in [1.165, 1.54) is 0 Å². The summed E-state index contributed by atoms with van der Waals surface area (Å²) in [5, 5.41) is 8.86. The molecule has 114 valence electrons. The maximum Gasteiger partial charge on any atom is 0.303 e. The molecule has 0 saturated carbocycles. The molecule has 0 aliphatic carbocycles. The third kappa shape index (κ3) is 4.78. The van der Waals surface area contributed by atoms with Gasteiger partial charge in [0.25, 0.3) is 0 Å². The fourth-order valence-electron chi connectivity index (χ4n) is 3.19. The molecule has 2 heterocycles. The van der Waals surface area contributed by atoms with Gasteiger partial charge in [0.05, 0.1) is 0 Å². The van der Waals surface area contributed by atoms with Crippen LogP contribution < -0.4 is 0 Å². The molecule has 0 unspecified atom stereocenters. The van der Waals surface area contributed by atoms with Gasteiger partial charge in [-0.3, -0.25) is 9.59 Å². The fraction of sp³-hybridized carbons (Fsp3) is 0.867. The molecular formula is C15H25NO4. The minimum Gasteiger partial charge on any atom is -0.481 e. The summed E-state index contributed by atoms with van der Waals surface area (Å²) in [5.74, 6) is 0.215. The van der Waals surface area contributed by atoms with Gasteiger partial charge in [-0.2, -0.15) is 0 Å². The number of rotatable bonds is 4. The molecule has 20 heavy (non-hydrogen) atoms. The second-order valence-electron chi connectivity index (χ2n) is 6.04. The predicted octanol–water partition coefficient (Wildman–Crippen LogP) is 1.91. The highest BCUT2D eigenvalue weighted by Crippen LogP contribution is 2.23. The van der Waals surface area contributed by atoms with Crippen LogP contribution >= 0.6 is 0 Å². The van der Waals surface area contributed by atoms with Crippen LogP contribution in [0.2, 0.25) is 0 Å². The van der Waals surface area contributed by atoms with Crippen molar-refractivity contribution in [3.63, 3.8) is 0 Å². The molecule has 2 aliphatic heterocycles. The van der Waals surface area contributed by atoms with E-state index in [1.54, 1.807) is 0 Å². The molecule has 1 amide bonds. The number of aliphatic carboxylic acids is 1. The van der Waals surface area contributed by atoms with Crippen molar-refractivity contribution in [2.75, 3.05) is 26.3 Å². The summed E-state index contributed by atoms with van der Waals surface area (Å²) in [6.07, 6.45) is 5.52. The Balaban J connectivity index is 1.77. The van der Waals surface area contributed by atoms with Crippen molar-refractivity contribution in [2.24, 2.45) is 11.8 Å². The number of carboxylic acid groups (broad SMARTS) is 1. The molecule has 1 atom stereocenters. The van der Waals surface area contributed by atoms with Crippen molar-refractivity contribution in [3.8, 4) is 0 Å². The summed E-state index contributed by atoms with van der Waals surface area (Å²) in [5.41, 5.74) is 0. The predicted molar refractivity (Wildman–Crippen MR) is 74.3 cm³/mol. The molecule has 2 aliphatic rings. The van der Waals surface area contributed by atoms with Crippen LogP contribution in [-0.4, -0.2) is 48.2 Å². The van der Waals surface area contributed by atoms with Crippen LogP contribution in [0.4, 0.5) is 0 Å². The molecule has 1 N–H and O–H groups in total. The van der Waals surface area contributed by atoms with Crippen LogP contribution in [0.5, 0.6) is 0 Å². The van der Waals surface area contributed by atoms with E-state index in [0.717, 1.165) is 58.4 Å². The topological polar surface area (TPSA) is 66.8 Å². The van der Waals surface area contributed by atoms with E-state index in [0.29, 0.717) is 12.3 Å². The quantitative estimate of drug-likeness (QED) is 0.856. The lowest BCUT2D eigenvalue weighted by Crippen LogP contribution is -2.34. The van der Waals surface area contributed by atoms with E-state index in [4.69, 9.17) is 9.84 Å². The lowest BCUT2D eigenvalue weighted by atomic mass is 9.96. The van der Waals surface area contributed by atoms with E-state index in [2.05, 4.69) is 0 Å². The minimum atomic E-state index is -0.725. The zero-order chi connectivity index (χ0) is 14.4. The number of ether oxygens (including phenoxy) is 1. The molecular weight excluding hydrogens is 258 g/mol. The Labute approximate surface area is 120 Å². The van der Waals surface area contributed by atoms with E-state index < -0.39 is 5.97 Å². The first-order valence-electron chi connectivity index (χ1n) is 7.72. The molecule has 0 bridgehead atoms. The molecule has 0 spiro atoms. The number of hydrogen-bond donors (Lipinski definition) is 1. The molecule has 0 radical (unpaired) electrons. The highest BCUT2D eigenvalue weighted by Gasteiger charge is 2.24. The van der Waals surface area contributed by atoms with Crippen molar-refractivity contribution in [2.45, 2.75) is 44.9 Å². The van der Waals surface area contributed by atoms with E-state index in [9.17, 15) is 9.59 Å². The number of nitrogens with zero attached hydrogens (tertiary/aromatic N) is 1. The minimum absolute atomic E-state index is 0.230. The first kappa shape index (κ1) is 15.3. The van der Waals surface area contributed by atoms with Crippen LogP contribution in [-0.2, 0) is 14.3 Å². The number of carboxylic acids is 1. The fourth-order valence-corrected chi connectivity index (χ4v) is 3.19. The lowest BCUT2D eigenvalue weighted by Gasteiger charge is -2.26. The summed E-state index contributed by atoms with van der Waals surface area (Å²) in [6.45, 7) is 3.06. The Kier molecular flexibility index (Phi) is 5.83. The lowest BCUT2D eigenvalue weighted by molar-refractivity contribution is -0.138. The smallest absolute Gasteiger partial charge is 0.303 e. The Morgan fingerprint density at radius 2 is 1.70 bits per heavy atom. The van der Waals surface area contributed by atoms with Gasteiger partial charge < -0.3 is 14.7 Å². The summed E-state index contributed by atoms with van der Waals surface area (Å²) < 4.78 is 5.32. The molecule has 0 aromatic heterocycles. The van der Waals surface area contributed by atoms with Crippen molar-refractivity contribution in [1.82, 2.24) is 4.90 Å². The van der Waals surface area contributed by atoms with Crippen molar-refractivity contribution >= 4 is 11.9 Å². The van der Waals surface area contributed by atoms with E-state index in [-0.39, 0.29) is 18.2 Å². The van der Waals surface area contributed by atoms with Gasteiger partial charge in [-0.15, -0.1) is 0 Å². The first-order chi connectivity index (χ1) is 9.65. The molecule has 2 saturated heterocycles.